The van der Waals surface area contributed by atoms with Gasteiger partial charge in [-0.3, -0.25) is 0 Å². The molecule has 0 aromatic carbocycles. The summed E-state index contributed by atoms with van der Waals surface area (Å²) in [5, 5.41) is 7.97. The van der Waals surface area contributed by atoms with E-state index in [0.29, 0.717) is 32.2 Å². The lowest BCUT2D eigenvalue weighted by molar-refractivity contribution is -0.241. The molecular weight excluding hydrogens is 572 g/mol. The molecule has 0 aliphatic heterocycles. The highest BCUT2D eigenvalue weighted by Crippen LogP contribution is 2.45. The van der Waals surface area contributed by atoms with Gasteiger partial charge in [0.15, 0.2) is 6.61 Å². The SMILES string of the molecule is C=C(C)C(=O)OCCNC(=O)OCCCCCCCOC(=O)NCC1(C)CC(NC(=O)OCC(F)(F)OC)CC(C)(C)C1. The number of alkyl halides is 2. The van der Waals surface area contributed by atoms with Gasteiger partial charge in [0.25, 0.3) is 0 Å². The second-order valence-electron chi connectivity index (χ2n) is 12.1. The van der Waals surface area contributed by atoms with E-state index in [1.165, 1.54) is 6.92 Å². The number of rotatable bonds is 18. The van der Waals surface area contributed by atoms with Crippen molar-refractivity contribution in [3.8, 4) is 0 Å². The molecule has 3 N–H and O–H groups in total. The standard InChI is InChI=1S/C29H49F2N3O9/c1-21(2)23(35)40-15-12-32-24(36)41-13-10-8-7-9-11-14-42-25(37)33-19-28(5)17-22(16-27(3,4)18-28)34-26(38)43-20-29(30,31)39-6/h22H,1,7-20H2,2-6H3,(H,32,36)(H,33,37)(H,34,38). The first-order valence-corrected chi connectivity index (χ1v) is 14.6. The molecule has 43 heavy (non-hydrogen) atoms. The number of methoxy groups -OCH3 is 1. The smallest absolute Gasteiger partial charge is 0.407 e. The van der Waals surface area contributed by atoms with Crippen LogP contribution in [0.3, 0.4) is 0 Å². The number of nitrogens with one attached hydrogen (secondary N) is 3. The molecular formula is C29H49F2N3O9. The van der Waals surface area contributed by atoms with Gasteiger partial charge in [-0.1, -0.05) is 46.6 Å². The Morgan fingerprint density at radius 3 is 2.00 bits per heavy atom. The minimum atomic E-state index is -3.55. The normalized spacial score (nSPS) is 19.5. The van der Waals surface area contributed by atoms with Crippen molar-refractivity contribution in [3.63, 3.8) is 0 Å². The highest BCUT2D eigenvalue weighted by molar-refractivity contribution is 5.86. The molecule has 0 heterocycles. The number of amides is 3. The monoisotopic (exact) mass is 621 g/mol. The van der Waals surface area contributed by atoms with E-state index in [4.69, 9.17) is 14.2 Å². The third kappa shape index (κ3) is 17.5. The molecule has 2 atom stereocenters. The predicted octanol–water partition coefficient (Wildman–Crippen LogP) is 5.06. The number of carbonyl (C=O) groups is 4. The Labute approximate surface area is 252 Å². The minimum absolute atomic E-state index is 0.0395. The zero-order valence-corrected chi connectivity index (χ0v) is 26.1. The van der Waals surface area contributed by atoms with Gasteiger partial charge in [0.1, 0.15) is 6.61 Å². The zero-order valence-electron chi connectivity index (χ0n) is 26.1. The van der Waals surface area contributed by atoms with Crippen LogP contribution in [0.4, 0.5) is 23.2 Å². The van der Waals surface area contributed by atoms with Crippen LogP contribution >= 0.6 is 0 Å². The number of carbonyl (C=O) groups excluding carboxylic acids is 4. The fourth-order valence-corrected chi connectivity index (χ4v) is 5.16. The van der Waals surface area contributed by atoms with Crippen molar-refractivity contribution in [1.29, 1.82) is 0 Å². The molecule has 1 rings (SSSR count). The third-order valence-corrected chi connectivity index (χ3v) is 6.80. The molecule has 0 aromatic rings. The fourth-order valence-electron chi connectivity index (χ4n) is 5.16. The predicted molar refractivity (Wildman–Crippen MR) is 154 cm³/mol. The topological polar surface area (TPSA) is 151 Å². The Morgan fingerprint density at radius 2 is 1.42 bits per heavy atom. The average molecular weight is 622 g/mol. The maximum atomic E-state index is 13.2. The van der Waals surface area contributed by atoms with E-state index in [1.807, 2.05) is 6.92 Å². The highest BCUT2D eigenvalue weighted by atomic mass is 19.3. The lowest BCUT2D eigenvalue weighted by Crippen LogP contribution is -2.50. The van der Waals surface area contributed by atoms with Crippen LogP contribution in [-0.4, -0.2) is 83.0 Å². The van der Waals surface area contributed by atoms with Crippen molar-refractivity contribution in [2.24, 2.45) is 10.8 Å². The molecule has 1 aliphatic rings. The maximum Gasteiger partial charge on any atom is 0.407 e. The Balaban J connectivity index is 2.18. The lowest BCUT2D eigenvalue weighted by atomic mass is 9.62. The number of alkyl carbamates (subject to hydrolysis) is 3. The van der Waals surface area contributed by atoms with Crippen molar-refractivity contribution < 1.29 is 51.6 Å². The Bertz CT molecular complexity index is 933. The van der Waals surface area contributed by atoms with Crippen molar-refractivity contribution in [2.75, 3.05) is 46.6 Å². The van der Waals surface area contributed by atoms with Crippen LogP contribution in [0.1, 0.15) is 79.1 Å². The summed E-state index contributed by atoms with van der Waals surface area (Å²) in [5.41, 5.74) is -0.230. The van der Waals surface area contributed by atoms with Crippen molar-refractivity contribution in [2.45, 2.75) is 91.2 Å². The summed E-state index contributed by atoms with van der Waals surface area (Å²) in [6.45, 7) is 11.0. The van der Waals surface area contributed by atoms with Gasteiger partial charge in [-0.2, -0.15) is 8.78 Å². The van der Waals surface area contributed by atoms with Crippen molar-refractivity contribution >= 4 is 24.2 Å². The molecule has 248 valence electrons. The summed E-state index contributed by atoms with van der Waals surface area (Å²) in [5.74, 6) is -0.511. The average Bonchev–Trinajstić information content (AvgIpc) is 2.91. The van der Waals surface area contributed by atoms with Gasteiger partial charge in [0, 0.05) is 25.3 Å². The van der Waals surface area contributed by atoms with Gasteiger partial charge in [-0.05, 0) is 49.9 Å². The summed E-state index contributed by atoms with van der Waals surface area (Å²) >= 11 is 0. The van der Waals surface area contributed by atoms with E-state index >= 15 is 0 Å². The fraction of sp³-hybridized carbons (Fsp3) is 0.793. The second kappa shape index (κ2) is 18.5. The van der Waals surface area contributed by atoms with Crippen LogP contribution in [0.15, 0.2) is 12.2 Å². The maximum absolute atomic E-state index is 13.2. The van der Waals surface area contributed by atoms with E-state index in [-0.39, 0.29) is 48.8 Å². The van der Waals surface area contributed by atoms with Crippen LogP contribution in [0.5, 0.6) is 0 Å². The van der Waals surface area contributed by atoms with E-state index in [1.54, 1.807) is 0 Å². The molecule has 3 amide bonds. The molecule has 14 heteroatoms. The van der Waals surface area contributed by atoms with E-state index in [2.05, 4.69) is 45.9 Å². The van der Waals surface area contributed by atoms with Gasteiger partial charge in [-0.25, -0.2) is 19.2 Å². The minimum Gasteiger partial charge on any atom is -0.460 e. The second-order valence-corrected chi connectivity index (χ2v) is 12.1. The Morgan fingerprint density at radius 1 is 0.837 bits per heavy atom. The van der Waals surface area contributed by atoms with Crippen molar-refractivity contribution in [1.82, 2.24) is 16.0 Å². The van der Waals surface area contributed by atoms with E-state index in [9.17, 15) is 28.0 Å². The molecule has 0 radical (unpaired) electrons. The van der Waals surface area contributed by atoms with Crippen LogP contribution in [0.2, 0.25) is 0 Å². The number of unbranched alkanes of at least 4 members (excludes halogenated alkanes) is 4. The zero-order chi connectivity index (χ0) is 32.5. The highest BCUT2D eigenvalue weighted by Gasteiger charge is 2.42. The molecule has 1 saturated carbocycles. The first-order valence-electron chi connectivity index (χ1n) is 14.6. The molecule has 0 saturated heterocycles. The summed E-state index contributed by atoms with van der Waals surface area (Å²) in [6, 6.07) is -0.312. The molecule has 0 aromatic heterocycles. The van der Waals surface area contributed by atoms with Crippen molar-refractivity contribution in [3.05, 3.63) is 12.2 Å². The molecule has 0 spiro atoms. The number of halogens is 2. The van der Waals surface area contributed by atoms with Gasteiger partial charge in [-0.15, -0.1) is 0 Å². The van der Waals surface area contributed by atoms with Gasteiger partial charge in [0.05, 0.1) is 19.8 Å². The third-order valence-electron chi connectivity index (χ3n) is 6.80. The number of esters is 1. The Kier molecular flexibility index (Phi) is 16.3. The first kappa shape index (κ1) is 37.9. The van der Waals surface area contributed by atoms with Gasteiger partial charge in [0.2, 0.25) is 0 Å². The molecule has 12 nitrogen and oxygen atoms in total. The largest absolute Gasteiger partial charge is 0.460 e. The van der Waals surface area contributed by atoms with E-state index < -0.39 is 37.0 Å². The lowest BCUT2D eigenvalue weighted by Gasteiger charge is -2.46. The number of hydrogen-bond acceptors (Lipinski definition) is 9. The summed E-state index contributed by atoms with van der Waals surface area (Å²) in [4.78, 5) is 47.2. The van der Waals surface area contributed by atoms with Crippen LogP contribution in [0.25, 0.3) is 0 Å². The van der Waals surface area contributed by atoms with Gasteiger partial charge >= 0.3 is 30.4 Å². The van der Waals surface area contributed by atoms with Crippen LogP contribution in [0, 0.1) is 10.8 Å². The number of ether oxygens (including phenoxy) is 5. The molecule has 1 fully saturated rings. The Hall–Kier alpha value is -3.16. The van der Waals surface area contributed by atoms with Crippen LogP contribution in [-0.2, 0) is 28.5 Å². The number of hydrogen-bond donors (Lipinski definition) is 3. The molecule has 0 bridgehead atoms. The quantitative estimate of drug-likeness (QED) is 0.0826. The van der Waals surface area contributed by atoms with Gasteiger partial charge < -0.3 is 39.6 Å². The first-order chi connectivity index (χ1) is 20.1. The summed E-state index contributed by atoms with van der Waals surface area (Å²) < 4.78 is 50.2. The summed E-state index contributed by atoms with van der Waals surface area (Å²) in [7, 11) is 0.830. The molecule has 1 aliphatic carbocycles. The summed E-state index contributed by atoms with van der Waals surface area (Å²) in [6.07, 6.45) is 0.331. The van der Waals surface area contributed by atoms with Crippen LogP contribution < -0.4 is 16.0 Å². The van der Waals surface area contributed by atoms with E-state index in [0.717, 1.165) is 32.8 Å². The molecule has 2 unspecified atom stereocenters.